The largest absolute Gasteiger partial charge is 0.516 e. The molecule has 0 aliphatic rings. The quantitative estimate of drug-likeness (QED) is 0.615. The lowest BCUT2D eigenvalue weighted by Crippen LogP contribution is -2.42. The first-order valence-electron chi connectivity index (χ1n) is 7.60. The van der Waals surface area contributed by atoms with Gasteiger partial charge in [-0.25, -0.2) is 9.59 Å². The molecule has 0 heterocycles. The highest BCUT2D eigenvalue weighted by Crippen LogP contribution is 2.17. The Morgan fingerprint density at radius 1 is 1.00 bits per heavy atom. The second-order valence-corrected chi connectivity index (χ2v) is 5.52. The Labute approximate surface area is 136 Å². The number of hydrogen-bond acceptors (Lipinski definition) is 5. The van der Waals surface area contributed by atoms with E-state index in [4.69, 9.17) is 0 Å². The molecule has 1 rings (SSSR count). The molecular weight excluding hydrogens is 298 g/mol. The van der Waals surface area contributed by atoms with Crippen LogP contribution in [0.3, 0.4) is 0 Å². The van der Waals surface area contributed by atoms with Crippen molar-refractivity contribution in [1.82, 2.24) is 4.90 Å². The fourth-order valence-corrected chi connectivity index (χ4v) is 2.33. The second-order valence-electron chi connectivity index (χ2n) is 5.52. The molecule has 0 aromatic heterocycles. The molecule has 0 unspecified atom stereocenters. The van der Waals surface area contributed by atoms with Crippen molar-refractivity contribution in [3.8, 4) is 0 Å². The van der Waals surface area contributed by atoms with Gasteiger partial charge in [0.2, 0.25) is 0 Å². The van der Waals surface area contributed by atoms with Crippen molar-refractivity contribution in [2.75, 3.05) is 6.61 Å². The fraction of sp³-hybridized carbons (Fsp3) is 0.471. The second kappa shape index (κ2) is 8.31. The van der Waals surface area contributed by atoms with Gasteiger partial charge in [-0.1, -0.05) is 12.1 Å². The molecular formula is C17H23NO5. The predicted molar refractivity (Wildman–Crippen MR) is 85.3 cm³/mol. The van der Waals surface area contributed by atoms with Crippen molar-refractivity contribution in [2.45, 2.75) is 46.7 Å². The molecule has 0 aliphatic heterocycles. The number of esters is 1. The van der Waals surface area contributed by atoms with Crippen LogP contribution in [0.4, 0.5) is 4.79 Å². The van der Waals surface area contributed by atoms with E-state index in [0.29, 0.717) is 0 Å². The molecule has 0 fully saturated rings. The van der Waals surface area contributed by atoms with Crippen LogP contribution in [-0.4, -0.2) is 41.6 Å². The summed E-state index contributed by atoms with van der Waals surface area (Å²) in [7, 11) is 0. The molecule has 23 heavy (non-hydrogen) atoms. The number of rotatable bonds is 5. The van der Waals surface area contributed by atoms with E-state index in [1.165, 1.54) is 6.07 Å². The first kappa shape index (κ1) is 18.7. The average molecular weight is 321 g/mol. The van der Waals surface area contributed by atoms with Crippen molar-refractivity contribution in [2.24, 2.45) is 0 Å². The number of nitrogens with zero attached hydrogens (tertiary/aromatic N) is 1. The molecule has 6 nitrogen and oxygen atoms in total. The first-order chi connectivity index (χ1) is 10.8. The Morgan fingerprint density at radius 3 is 2.00 bits per heavy atom. The molecule has 0 N–H and O–H groups in total. The van der Waals surface area contributed by atoms with Gasteiger partial charge in [-0.3, -0.25) is 4.79 Å². The van der Waals surface area contributed by atoms with Crippen LogP contribution in [0.2, 0.25) is 0 Å². The molecule has 0 spiro atoms. The minimum absolute atomic E-state index is 0.0309. The highest BCUT2D eigenvalue weighted by Gasteiger charge is 2.27. The van der Waals surface area contributed by atoms with Crippen LogP contribution in [-0.2, 0) is 9.47 Å². The normalized spacial score (nSPS) is 10.6. The van der Waals surface area contributed by atoms with Crippen molar-refractivity contribution in [1.29, 1.82) is 0 Å². The van der Waals surface area contributed by atoms with E-state index in [-0.39, 0.29) is 35.7 Å². The number of carbonyl (C=O) groups is 3. The highest BCUT2D eigenvalue weighted by molar-refractivity contribution is 6.07. The summed E-state index contributed by atoms with van der Waals surface area (Å²) in [4.78, 5) is 37.9. The van der Waals surface area contributed by atoms with Gasteiger partial charge in [0.05, 0.1) is 17.7 Å². The smallest absolute Gasteiger partial charge is 0.434 e. The van der Waals surface area contributed by atoms with Gasteiger partial charge in [0.25, 0.3) is 5.91 Å². The zero-order valence-electron chi connectivity index (χ0n) is 14.2. The minimum atomic E-state index is -1.08. The van der Waals surface area contributed by atoms with Crippen molar-refractivity contribution in [3.63, 3.8) is 0 Å². The standard InChI is InChI=1S/C17H23NO5/c1-6-22-17(21)23-16(20)14-10-8-7-9-13(14)15(19)18(11(2)3)12(4)5/h7-12H,6H2,1-5H3. The average Bonchev–Trinajstić information content (AvgIpc) is 2.46. The number of amides is 1. The van der Waals surface area contributed by atoms with Crippen LogP contribution < -0.4 is 0 Å². The van der Waals surface area contributed by atoms with Crippen LogP contribution >= 0.6 is 0 Å². The molecule has 1 amide bonds. The zero-order chi connectivity index (χ0) is 17.6. The third-order valence-corrected chi connectivity index (χ3v) is 3.16. The summed E-state index contributed by atoms with van der Waals surface area (Å²) in [5.41, 5.74) is 0.237. The summed E-state index contributed by atoms with van der Waals surface area (Å²) in [6.07, 6.45) is -1.08. The van der Waals surface area contributed by atoms with E-state index in [9.17, 15) is 14.4 Å². The van der Waals surface area contributed by atoms with E-state index in [1.807, 2.05) is 27.7 Å². The Kier molecular flexibility index (Phi) is 6.75. The van der Waals surface area contributed by atoms with E-state index in [1.54, 1.807) is 30.0 Å². The lowest BCUT2D eigenvalue weighted by Gasteiger charge is -2.31. The van der Waals surface area contributed by atoms with Gasteiger partial charge in [0, 0.05) is 12.1 Å². The number of ether oxygens (including phenoxy) is 2. The maximum atomic E-state index is 12.8. The Balaban J connectivity index is 3.12. The molecule has 0 saturated carbocycles. The van der Waals surface area contributed by atoms with Crippen molar-refractivity contribution >= 4 is 18.0 Å². The van der Waals surface area contributed by atoms with E-state index < -0.39 is 12.1 Å². The molecule has 126 valence electrons. The van der Waals surface area contributed by atoms with Gasteiger partial charge in [0.15, 0.2) is 0 Å². The lowest BCUT2D eigenvalue weighted by atomic mass is 10.0. The zero-order valence-corrected chi connectivity index (χ0v) is 14.2. The van der Waals surface area contributed by atoms with Gasteiger partial charge < -0.3 is 14.4 Å². The van der Waals surface area contributed by atoms with Gasteiger partial charge in [0.1, 0.15) is 0 Å². The molecule has 0 atom stereocenters. The van der Waals surface area contributed by atoms with E-state index in [0.717, 1.165) is 0 Å². The number of carbonyl (C=O) groups excluding carboxylic acids is 3. The SMILES string of the molecule is CCOC(=O)OC(=O)c1ccccc1C(=O)N(C(C)C)C(C)C. The predicted octanol–water partition coefficient (Wildman–Crippen LogP) is 3.26. The molecule has 1 aromatic carbocycles. The van der Waals surface area contributed by atoms with Crippen molar-refractivity contribution < 1.29 is 23.9 Å². The molecule has 0 aliphatic carbocycles. The number of benzene rings is 1. The molecule has 0 bridgehead atoms. The topological polar surface area (TPSA) is 72.9 Å². The van der Waals surface area contributed by atoms with Crippen LogP contribution in [0.15, 0.2) is 24.3 Å². The molecule has 0 saturated heterocycles. The Bertz CT molecular complexity index is 572. The van der Waals surface area contributed by atoms with Gasteiger partial charge in [-0.05, 0) is 46.8 Å². The summed E-state index contributed by atoms with van der Waals surface area (Å²) >= 11 is 0. The van der Waals surface area contributed by atoms with Gasteiger partial charge in [-0.2, -0.15) is 0 Å². The Morgan fingerprint density at radius 2 is 1.52 bits per heavy atom. The number of hydrogen-bond donors (Lipinski definition) is 0. The summed E-state index contributed by atoms with van der Waals surface area (Å²) in [5, 5.41) is 0. The molecule has 1 aromatic rings. The third-order valence-electron chi connectivity index (χ3n) is 3.16. The highest BCUT2D eigenvalue weighted by atomic mass is 16.7. The van der Waals surface area contributed by atoms with Gasteiger partial charge in [-0.15, -0.1) is 0 Å². The maximum absolute atomic E-state index is 12.8. The maximum Gasteiger partial charge on any atom is 0.516 e. The fourth-order valence-electron chi connectivity index (χ4n) is 2.33. The summed E-state index contributed by atoms with van der Waals surface area (Å²) in [6.45, 7) is 9.30. The first-order valence-corrected chi connectivity index (χ1v) is 7.60. The lowest BCUT2D eigenvalue weighted by molar-refractivity contribution is 0.0393. The monoisotopic (exact) mass is 321 g/mol. The summed E-state index contributed by atoms with van der Waals surface area (Å²) in [6, 6.07) is 6.20. The van der Waals surface area contributed by atoms with Crippen LogP contribution in [0.1, 0.15) is 55.3 Å². The molecule has 0 radical (unpaired) electrons. The van der Waals surface area contributed by atoms with Crippen molar-refractivity contribution in [3.05, 3.63) is 35.4 Å². The van der Waals surface area contributed by atoms with Crippen LogP contribution in [0.25, 0.3) is 0 Å². The van der Waals surface area contributed by atoms with Gasteiger partial charge >= 0.3 is 12.1 Å². The summed E-state index contributed by atoms with van der Waals surface area (Å²) in [5.74, 6) is -1.19. The van der Waals surface area contributed by atoms with E-state index >= 15 is 0 Å². The summed E-state index contributed by atoms with van der Waals surface area (Å²) < 4.78 is 9.18. The minimum Gasteiger partial charge on any atom is -0.434 e. The third kappa shape index (κ3) is 4.81. The molecule has 6 heteroatoms. The van der Waals surface area contributed by atoms with Crippen LogP contribution in [0, 0.1) is 0 Å². The Hall–Kier alpha value is -2.37. The van der Waals surface area contributed by atoms with E-state index in [2.05, 4.69) is 9.47 Å². The van der Waals surface area contributed by atoms with Crippen LogP contribution in [0.5, 0.6) is 0 Å².